The molecule has 8 nitrogen and oxygen atoms in total. The Balaban J connectivity index is 1.50. The van der Waals surface area contributed by atoms with Gasteiger partial charge in [0.15, 0.2) is 0 Å². The summed E-state index contributed by atoms with van der Waals surface area (Å²) in [6.45, 7) is 3.02. The fourth-order valence-corrected chi connectivity index (χ4v) is 4.56. The highest BCUT2D eigenvalue weighted by molar-refractivity contribution is 6.10. The Labute approximate surface area is 200 Å². The van der Waals surface area contributed by atoms with Crippen LogP contribution in [0.2, 0.25) is 0 Å². The standard InChI is InChI=1S/C24H25F3N6O2/c1-14(8-22-31-28-13-32(22)2)15-9-20(29-16-6-7-35-12-16)30-21(10-15)33-11-18-17(23(33)34)4-3-5-19(18)24(25,26)27/h3-5,9-10,13-14,16H,6-8,11-12H2,1-2H3,(H,29,30)/t14-,16+/m1/s1. The first kappa shape index (κ1) is 23.3. The quantitative estimate of drug-likeness (QED) is 0.568. The third kappa shape index (κ3) is 4.60. The fraction of sp³-hybridized carbons (Fsp3) is 0.417. The van der Waals surface area contributed by atoms with E-state index >= 15 is 0 Å². The van der Waals surface area contributed by atoms with Crippen LogP contribution in [0.1, 0.15) is 52.1 Å². The van der Waals surface area contributed by atoms with E-state index in [-0.39, 0.29) is 29.6 Å². The molecule has 2 aromatic heterocycles. The van der Waals surface area contributed by atoms with Crippen LogP contribution in [-0.4, -0.2) is 44.9 Å². The minimum Gasteiger partial charge on any atom is -0.379 e. The van der Waals surface area contributed by atoms with Crippen LogP contribution >= 0.6 is 0 Å². The lowest BCUT2D eigenvalue weighted by atomic mass is 9.97. The maximum atomic E-state index is 13.6. The van der Waals surface area contributed by atoms with E-state index < -0.39 is 17.6 Å². The first-order valence-corrected chi connectivity index (χ1v) is 11.4. The van der Waals surface area contributed by atoms with Crippen LogP contribution in [0.15, 0.2) is 36.7 Å². The molecule has 0 unspecified atom stereocenters. The number of benzene rings is 1. The molecule has 0 radical (unpaired) electrons. The maximum absolute atomic E-state index is 13.6. The predicted octanol–water partition coefficient (Wildman–Crippen LogP) is 3.94. The highest BCUT2D eigenvalue weighted by Gasteiger charge is 2.40. The lowest BCUT2D eigenvalue weighted by Crippen LogP contribution is -2.26. The van der Waals surface area contributed by atoms with Gasteiger partial charge in [0.1, 0.15) is 23.8 Å². The number of pyridine rings is 1. The molecule has 4 heterocycles. The molecule has 2 aliphatic rings. The summed E-state index contributed by atoms with van der Waals surface area (Å²) in [5, 5.41) is 11.4. The van der Waals surface area contributed by atoms with Crippen molar-refractivity contribution in [1.82, 2.24) is 19.7 Å². The number of hydrogen-bond acceptors (Lipinski definition) is 6. The van der Waals surface area contributed by atoms with Gasteiger partial charge in [0.25, 0.3) is 5.91 Å². The Hall–Kier alpha value is -3.47. The van der Waals surface area contributed by atoms with E-state index in [1.54, 1.807) is 12.4 Å². The molecule has 1 N–H and O–H groups in total. The van der Waals surface area contributed by atoms with Crippen molar-refractivity contribution in [3.8, 4) is 0 Å². The Kier molecular flexibility index (Phi) is 5.96. The molecule has 11 heteroatoms. The van der Waals surface area contributed by atoms with Crippen molar-refractivity contribution in [3.63, 3.8) is 0 Å². The molecular weight excluding hydrogens is 461 g/mol. The second-order valence-corrected chi connectivity index (χ2v) is 9.03. The summed E-state index contributed by atoms with van der Waals surface area (Å²) in [5.41, 5.74) is 0.124. The molecule has 3 aromatic rings. The number of aromatic nitrogens is 4. The third-order valence-electron chi connectivity index (χ3n) is 6.53. The van der Waals surface area contributed by atoms with Crippen molar-refractivity contribution in [3.05, 3.63) is 64.7 Å². The van der Waals surface area contributed by atoms with E-state index in [2.05, 4.69) is 20.5 Å². The number of fused-ring (bicyclic) bond motifs is 1. The topological polar surface area (TPSA) is 85.2 Å². The summed E-state index contributed by atoms with van der Waals surface area (Å²) in [6, 6.07) is 7.47. The zero-order valence-electron chi connectivity index (χ0n) is 19.3. The molecule has 1 fully saturated rings. The van der Waals surface area contributed by atoms with Crippen LogP contribution in [0.4, 0.5) is 24.8 Å². The average molecular weight is 486 g/mol. The number of nitrogens with zero attached hydrogens (tertiary/aromatic N) is 5. The Bertz CT molecular complexity index is 1250. The first-order chi connectivity index (χ1) is 16.7. The number of rotatable bonds is 6. The van der Waals surface area contributed by atoms with Gasteiger partial charge in [-0.3, -0.25) is 9.69 Å². The molecule has 1 saturated heterocycles. The van der Waals surface area contributed by atoms with Crippen molar-refractivity contribution < 1.29 is 22.7 Å². The molecule has 2 atom stereocenters. The van der Waals surface area contributed by atoms with E-state index in [0.29, 0.717) is 31.3 Å². The summed E-state index contributed by atoms with van der Waals surface area (Å²) in [7, 11) is 1.87. The number of halogens is 3. The first-order valence-electron chi connectivity index (χ1n) is 11.4. The monoisotopic (exact) mass is 486 g/mol. The van der Waals surface area contributed by atoms with Gasteiger partial charge in [-0.2, -0.15) is 13.2 Å². The van der Waals surface area contributed by atoms with Crippen LogP contribution in [0.5, 0.6) is 0 Å². The number of ether oxygens (including phenoxy) is 1. The number of amides is 1. The van der Waals surface area contributed by atoms with Gasteiger partial charge in [-0.25, -0.2) is 4.98 Å². The Morgan fingerprint density at radius 2 is 2.11 bits per heavy atom. The van der Waals surface area contributed by atoms with Crippen LogP contribution in [0.3, 0.4) is 0 Å². The number of carbonyl (C=O) groups excluding carboxylic acids is 1. The van der Waals surface area contributed by atoms with E-state index in [1.807, 2.05) is 24.6 Å². The molecule has 184 valence electrons. The van der Waals surface area contributed by atoms with Gasteiger partial charge in [0.05, 0.1) is 24.8 Å². The van der Waals surface area contributed by atoms with Crippen LogP contribution in [-0.2, 0) is 30.9 Å². The minimum atomic E-state index is -4.54. The Morgan fingerprint density at radius 1 is 1.29 bits per heavy atom. The molecular formula is C24H25F3N6O2. The maximum Gasteiger partial charge on any atom is 0.416 e. The van der Waals surface area contributed by atoms with Gasteiger partial charge >= 0.3 is 6.18 Å². The molecule has 5 rings (SSSR count). The normalized spacial score (nSPS) is 18.7. The zero-order chi connectivity index (χ0) is 24.7. The van der Waals surface area contributed by atoms with Crippen LogP contribution in [0.25, 0.3) is 0 Å². The molecule has 1 aromatic carbocycles. The molecule has 0 bridgehead atoms. The van der Waals surface area contributed by atoms with E-state index in [9.17, 15) is 18.0 Å². The van der Waals surface area contributed by atoms with Crippen molar-refractivity contribution in [2.45, 2.75) is 44.4 Å². The van der Waals surface area contributed by atoms with Gasteiger partial charge in [-0.1, -0.05) is 13.0 Å². The number of aryl methyl sites for hydroxylation is 1. The van der Waals surface area contributed by atoms with Crippen molar-refractivity contribution >= 4 is 17.5 Å². The summed E-state index contributed by atoms with van der Waals surface area (Å²) >= 11 is 0. The summed E-state index contributed by atoms with van der Waals surface area (Å²) in [4.78, 5) is 19.1. The highest BCUT2D eigenvalue weighted by Crippen LogP contribution is 2.39. The molecule has 0 saturated carbocycles. The molecule has 0 aliphatic carbocycles. The minimum absolute atomic E-state index is 0.00848. The van der Waals surface area contributed by atoms with Gasteiger partial charge in [0, 0.05) is 25.6 Å². The van der Waals surface area contributed by atoms with Crippen LogP contribution < -0.4 is 10.2 Å². The van der Waals surface area contributed by atoms with Crippen LogP contribution in [0, 0.1) is 0 Å². The smallest absolute Gasteiger partial charge is 0.379 e. The molecule has 0 spiro atoms. The lowest BCUT2D eigenvalue weighted by Gasteiger charge is -2.21. The predicted molar refractivity (Wildman–Crippen MR) is 122 cm³/mol. The number of carbonyl (C=O) groups is 1. The van der Waals surface area contributed by atoms with Gasteiger partial charge < -0.3 is 14.6 Å². The third-order valence-corrected chi connectivity index (χ3v) is 6.53. The number of nitrogens with one attached hydrogen (secondary N) is 1. The fourth-order valence-electron chi connectivity index (χ4n) is 4.56. The van der Waals surface area contributed by atoms with Gasteiger partial charge in [-0.05, 0) is 47.7 Å². The van der Waals surface area contributed by atoms with E-state index in [0.717, 1.165) is 23.9 Å². The summed E-state index contributed by atoms with van der Waals surface area (Å²) in [5.74, 6) is 1.16. The Morgan fingerprint density at radius 3 is 2.80 bits per heavy atom. The second-order valence-electron chi connectivity index (χ2n) is 9.03. The number of hydrogen-bond donors (Lipinski definition) is 1. The van der Waals surface area contributed by atoms with Crippen molar-refractivity contribution in [2.75, 3.05) is 23.4 Å². The lowest BCUT2D eigenvalue weighted by molar-refractivity contribution is -0.138. The zero-order valence-corrected chi connectivity index (χ0v) is 19.3. The van der Waals surface area contributed by atoms with Crippen molar-refractivity contribution in [1.29, 1.82) is 0 Å². The second kappa shape index (κ2) is 8.95. The average Bonchev–Trinajstić information content (AvgIpc) is 3.54. The largest absolute Gasteiger partial charge is 0.416 e. The van der Waals surface area contributed by atoms with Crippen molar-refractivity contribution in [2.24, 2.45) is 7.05 Å². The SMILES string of the molecule is C[C@H](Cc1nncn1C)c1cc(N[C@H]2CCOC2)nc(N2Cc3c(cccc3C(F)(F)F)C2=O)c1. The molecule has 1 amide bonds. The summed E-state index contributed by atoms with van der Waals surface area (Å²) < 4.78 is 48.1. The van der Waals surface area contributed by atoms with Gasteiger partial charge in [-0.15, -0.1) is 10.2 Å². The highest BCUT2D eigenvalue weighted by atomic mass is 19.4. The molecule has 35 heavy (non-hydrogen) atoms. The number of anilines is 2. The number of alkyl halides is 3. The van der Waals surface area contributed by atoms with E-state index in [4.69, 9.17) is 4.74 Å². The van der Waals surface area contributed by atoms with E-state index in [1.165, 1.54) is 17.0 Å². The summed E-state index contributed by atoms with van der Waals surface area (Å²) in [6.07, 6.45) is -1.50. The van der Waals surface area contributed by atoms with Gasteiger partial charge in [0.2, 0.25) is 0 Å². The molecule has 2 aliphatic heterocycles.